The van der Waals surface area contributed by atoms with Gasteiger partial charge in [0.05, 0.1) is 0 Å². The van der Waals surface area contributed by atoms with Gasteiger partial charge in [-0.15, -0.1) is 0 Å². The van der Waals surface area contributed by atoms with Gasteiger partial charge in [0, 0.05) is 11.5 Å². The Morgan fingerprint density at radius 1 is 1.05 bits per heavy atom. The molecule has 0 saturated heterocycles. The van der Waals surface area contributed by atoms with Gasteiger partial charge < -0.3 is 5.73 Å². The quantitative estimate of drug-likeness (QED) is 0.872. The van der Waals surface area contributed by atoms with Crippen LogP contribution in [0, 0.1) is 12.7 Å². The van der Waals surface area contributed by atoms with Crippen molar-refractivity contribution in [2.75, 3.05) is 0 Å². The van der Waals surface area contributed by atoms with Crippen molar-refractivity contribution in [2.45, 2.75) is 44.1 Å². The molecule has 0 amide bonds. The molecule has 1 aliphatic carbocycles. The smallest absolute Gasteiger partial charge is 0.123 e. The Labute approximate surface area is 126 Å². The van der Waals surface area contributed by atoms with Crippen molar-refractivity contribution in [3.8, 4) is 0 Å². The zero-order valence-corrected chi connectivity index (χ0v) is 12.5. The summed E-state index contributed by atoms with van der Waals surface area (Å²) < 4.78 is 13.4. The maximum atomic E-state index is 13.4. The van der Waals surface area contributed by atoms with Gasteiger partial charge in [0.25, 0.3) is 0 Å². The predicted molar refractivity (Wildman–Crippen MR) is 84.7 cm³/mol. The first kappa shape index (κ1) is 14.3. The molecule has 2 N–H and O–H groups in total. The van der Waals surface area contributed by atoms with Gasteiger partial charge in [0.2, 0.25) is 0 Å². The van der Waals surface area contributed by atoms with Crippen LogP contribution in [0.3, 0.4) is 0 Å². The first-order valence-electron chi connectivity index (χ1n) is 7.71. The second-order valence-electron chi connectivity index (χ2n) is 6.21. The summed E-state index contributed by atoms with van der Waals surface area (Å²) in [5.74, 6) is -0.191. The van der Waals surface area contributed by atoms with Gasteiger partial charge in [-0.3, -0.25) is 0 Å². The summed E-state index contributed by atoms with van der Waals surface area (Å²) in [5, 5.41) is 0. The van der Waals surface area contributed by atoms with E-state index < -0.39 is 0 Å². The second kappa shape index (κ2) is 5.61. The minimum Gasteiger partial charge on any atom is -0.323 e. The van der Waals surface area contributed by atoms with E-state index in [1.807, 2.05) is 19.1 Å². The number of hydrogen-bond acceptors (Lipinski definition) is 1. The number of nitrogens with two attached hydrogens (primary N) is 1. The fourth-order valence-electron chi connectivity index (χ4n) is 3.84. The predicted octanol–water partition coefficient (Wildman–Crippen LogP) is 4.65. The summed E-state index contributed by atoms with van der Waals surface area (Å²) in [6, 6.07) is 15.5. The number of aryl methyl sites for hydroxylation is 1. The molecule has 0 heterocycles. The molecule has 0 aliphatic heterocycles. The molecule has 1 aliphatic rings. The van der Waals surface area contributed by atoms with Gasteiger partial charge in [0.1, 0.15) is 5.82 Å². The van der Waals surface area contributed by atoms with E-state index in [1.165, 1.54) is 24.5 Å². The summed E-state index contributed by atoms with van der Waals surface area (Å²) in [7, 11) is 0. The fraction of sp³-hybridized carbons (Fsp3) is 0.368. The zero-order chi connectivity index (χ0) is 14.9. The van der Waals surface area contributed by atoms with E-state index >= 15 is 0 Å². The van der Waals surface area contributed by atoms with Gasteiger partial charge in [-0.25, -0.2) is 4.39 Å². The third kappa shape index (κ3) is 2.49. The van der Waals surface area contributed by atoms with Gasteiger partial charge in [-0.2, -0.15) is 0 Å². The van der Waals surface area contributed by atoms with Crippen LogP contribution in [0.5, 0.6) is 0 Å². The SMILES string of the molecule is Cc1cc(F)ccc1C(N)C1(c2ccccc2)CCCC1. The van der Waals surface area contributed by atoms with Crippen molar-refractivity contribution in [1.82, 2.24) is 0 Å². The Morgan fingerprint density at radius 2 is 1.71 bits per heavy atom. The van der Waals surface area contributed by atoms with Crippen LogP contribution in [0.4, 0.5) is 4.39 Å². The molecule has 2 aromatic carbocycles. The summed E-state index contributed by atoms with van der Waals surface area (Å²) in [6.07, 6.45) is 4.63. The number of halogens is 1. The van der Waals surface area contributed by atoms with Gasteiger partial charge >= 0.3 is 0 Å². The Balaban J connectivity index is 2.05. The van der Waals surface area contributed by atoms with Crippen molar-refractivity contribution >= 4 is 0 Å². The highest BCUT2D eigenvalue weighted by atomic mass is 19.1. The lowest BCUT2D eigenvalue weighted by Crippen LogP contribution is -2.36. The highest BCUT2D eigenvalue weighted by Gasteiger charge is 2.42. The van der Waals surface area contributed by atoms with Crippen molar-refractivity contribution in [2.24, 2.45) is 5.73 Å². The van der Waals surface area contributed by atoms with E-state index in [0.29, 0.717) is 0 Å². The van der Waals surface area contributed by atoms with Crippen LogP contribution in [0.25, 0.3) is 0 Å². The molecule has 1 saturated carbocycles. The maximum Gasteiger partial charge on any atom is 0.123 e. The van der Waals surface area contributed by atoms with Crippen molar-refractivity contribution < 1.29 is 4.39 Å². The normalized spacial score (nSPS) is 18.6. The van der Waals surface area contributed by atoms with Crippen LogP contribution in [0.1, 0.15) is 48.4 Å². The van der Waals surface area contributed by atoms with Crippen molar-refractivity contribution in [3.05, 3.63) is 71.0 Å². The molecule has 0 bridgehead atoms. The lowest BCUT2D eigenvalue weighted by atomic mass is 9.70. The standard InChI is InChI=1S/C19H22FN/c1-14-13-16(20)9-10-17(14)18(21)19(11-5-6-12-19)15-7-3-2-4-8-15/h2-4,7-10,13,18H,5-6,11-12,21H2,1H3. The topological polar surface area (TPSA) is 26.0 Å². The lowest BCUT2D eigenvalue weighted by molar-refractivity contribution is 0.355. The Kier molecular flexibility index (Phi) is 3.81. The van der Waals surface area contributed by atoms with Crippen molar-refractivity contribution in [3.63, 3.8) is 0 Å². The molecule has 0 spiro atoms. The molecule has 3 rings (SSSR count). The monoisotopic (exact) mass is 283 g/mol. The summed E-state index contributed by atoms with van der Waals surface area (Å²) in [6.45, 7) is 1.95. The van der Waals surface area contributed by atoms with E-state index in [-0.39, 0.29) is 17.3 Å². The molecule has 1 atom stereocenters. The highest BCUT2D eigenvalue weighted by Crippen LogP contribution is 2.49. The second-order valence-corrected chi connectivity index (χ2v) is 6.21. The maximum absolute atomic E-state index is 13.4. The van der Waals surface area contributed by atoms with Crippen LogP contribution in [-0.4, -0.2) is 0 Å². The molecular formula is C19H22FN. The molecule has 2 heteroatoms. The average Bonchev–Trinajstić information content (AvgIpc) is 2.98. The molecule has 0 aromatic heterocycles. The molecule has 2 aromatic rings. The van der Waals surface area contributed by atoms with Gasteiger partial charge in [-0.05, 0) is 48.6 Å². The van der Waals surface area contributed by atoms with Gasteiger partial charge in [0.15, 0.2) is 0 Å². The third-order valence-electron chi connectivity index (χ3n) is 5.01. The molecular weight excluding hydrogens is 261 g/mol. The molecule has 0 radical (unpaired) electrons. The summed E-state index contributed by atoms with van der Waals surface area (Å²) >= 11 is 0. The lowest BCUT2D eigenvalue weighted by Gasteiger charge is -2.37. The molecule has 110 valence electrons. The van der Waals surface area contributed by atoms with Crippen molar-refractivity contribution in [1.29, 1.82) is 0 Å². The van der Waals surface area contributed by atoms with Gasteiger partial charge in [-0.1, -0.05) is 49.2 Å². The van der Waals surface area contributed by atoms with Crippen LogP contribution in [-0.2, 0) is 5.41 Å². The first-order chi connectivity index (χ1) is 10.1. The minimum atomic E-state index is -0.191. The van der Waals surface area contributed by atoms with Crippen LogP contribution < -0.4 is 5.73 Å². The van der Waals surface area contributed by atoms with Crippen LogP contribution >= 0.6 is 0 Å². The van der Waals surface area contributed by atoms with E-state index in [0.717, 1.165) is 24.0 Å². The number of rotatable bonds is 3. The van der Waals surface area contributed by atoms with E-state index in [2.05, 4.69) is 24.3 Å². The summed E-state index contributed by atoms with van der Waals surface area (Å²) in [4.78, 5) is 0. The Morgan fingerprint density at radius 3 is 2.33 bits per heavy atom. The Bertz CT molecular complexity index is 615. The highest BCUT2D eigenvalue weighted by molar-refractivity contribution is 5.37. The molecule has 1 fully saturated rings. The van der Waals surface area contributed by atoms with E-state index in [4.69, 9.17) is 5.73 Å². The zero-order valence-electron chi connectivity index (χ0n) is 12.5. The molecule has 1 unspecified atom stereocenters. The number of benzene rings is 2. The fourth-order valence-corrected chi connectivity index (χ4v) is 3.84. The van der Waals surface area contributed by atoms with Crippen LogP contribution in [0.2, 0.25) is 0 Å². The average molecular weight is 283 g/mol. The first-order valence-corrected chi connectivity index (χ1v) is 7.71. The number of hydrogen-bond donors (Lipinski definition) is 1. The summed E-state index contributed by atoms with van der Waals surface area (Å²) in [5.41, 5.74) is 10.0. The minimum absolute atomic E-state index is 0.0101. The largest absolute Gasteiger partial charge is 0.323 e. The van der Waals surface area contributed by atoms with E-state index in [9.17, 15) is 4.39 Å². The van der Waals surface area contributed by atoms with Crippen LogP contribution in [0.15, 0.2) is 48.5 Å². The molecule has 1 nitrogen and oxygen atoms in total. The Hall–Kier alpha value is -1.67. The third-order valence-corrected chi connectivity index (χ3v) is 5.01. The van der Waals surface area contributed by atoms with E-state index in [1.54, 1.807) is 6.07 Å². The molecule has 21 heavy (non-hydrogen) atoms.